The van der Waals surface area contributed by atoms with Crippen molar-refractivity contribution in [2.75, 3.05) is 33.4 Å². The van der Waals surface area contributed by atoms with E-state index in [1.54, 1.807) is 7.11 Å². The molecule has 0 aliphatic carbocycles. The summed E-state index contributed by atoms with van der Waals surface area (Å²) in [5.41, 5.74) is 2.61. The van der Waals surface area contributed by atoms with Crippen LogP contribution in [0, 0.1) is 5.92 Å². The lowest BCUT2D eigenvalue weighted by Gasteiger charge is -2.30. The Morgan fingerprint density at radius 2 is 2.12 bits per heavy atom. The summed E-state index contributed by atoms with van der Waals surface area (Å²) in [6.45, 7) is 4.02. The number of oxime groups is 1. The summed E-state index contributed by atoms with van der Waals surface area (Å²) >= 11 is 0. The van der Waals surface area contributed by atoms with Gasteiger partial charge in [0.2, 0.25) is 5.60 Å². The smallest absolute Gasteiger partial charge is 0.269 e. The Labute approximate surface area is 192 Å². The summed E-state index contributed by atoms with van der Waals surface area (Å²) in [5.74, 6) is 0.789. The molecule has 5 rings (SSSR count). The molecule has 2 aliphatic rings. The second-order valence-corrected chi connectivity index (χ2v) is 8.81. The first kappa shape index (κ1) is 21.5. The lowest BCUT2D eigenvalue weighted by Crippen LogP contribution is -2.49. The lowest BCUT2D eigenvalue weighted by molar-refractivity contribution is -0.153. The SMILES string of the molecule is COc1ccccc1C1=NO[C@@](C)(C(=O)N2CCOC[C@H](Cc3nccn4cccc34)C2)C1. The highest BCUT2D eigenvalue weighted by atomic mass is 16.7. The Bertz CT molecular complexity index is 1190. The van der Waals surface area contributed by atoms with Gasteiger partial charge < -0.3 is 23.6 Å². The highest BCUT2D eigenvalue weighted by Crippen LogP contribution is 2.32. The van der Waals surface area contributed by atoms with Gasteiger partial charge in [-0.05, 0) is 37.6 Å². The summed E-state index contributed by atoms with van der Waals surface area (Å²) in [6, 6.07) is 11.7. The molecule has 2 aromatic heterocycles. The Hall–Kier alpha value is -3.39. The fourth-order valence-electron chi connectivity index (χ4n) is 4.67. The zero-order valence-electron chi connectivity index (χ0n) is 18.9. The number of para-hydroxylation sites is 1. The molecule has 3 aromatic rings. The molecule has 0 N–H and O–H groups in total. The topological polar surface area (TPSA) is 77.7 Å². The van der Waals surface area contributed by atoms with E-state index < -0.39 is 5.60 Å². The molecule has 33 heavy (non-hydrogen) atoms. The number of carbonyl (C=O) groups is 1. The van der Waals surface area contributed by atoms with Crippen LogP contribution in [0.1, 0.15) is 24.6 Å². The number of rotatable bonds is 5. The average molecular weight is 449 g/mol. The van der Waals surface area contributed by atoms with Crippen LogP contribution in [0.4, 0.5) is 0 Å². The number of hydrogen-bond acceptors (Lipinski definition) is 6. The Kier molecular flexibility index (Phi) is 5.76. The van der Waals surface area contributed by atoms with Gasteiger partial charge in [0.1, 0.15) is 5.75 Å². The molecule has 2 atom stereocenters. The molecular weight excluding hydrogens is 420 g/mol. The van der Waals surface area contributed by atoms with Gasteiger partial charge in [-0.25, -0.2) is 0 Å². The second-order valence-electron chi connectivity index (χ2n) is 8.81. The second kappa shape index (κ2) is 8.86. The van der Waals surface area contributed by atoms with E-state index in [1.165, 1.54) is 0 Å². The van der Waals surface area contributed by atoms with Crippen LogP contribution in [0.25, 0.3) is 5.52 Å². The first-order valence-corrected chi connectivity index (χ1v) is 11.2. The average Bonchev–Trinajstić information content (AvgIpc) is 3.41. The number of nitrogens with zero attached hydrogens (tertiary/aromatic N) is 4. The van der Waals surface area contributed by atoms with Gasteiger partial charge in [0.25, 0.3) is 5.91 Å². The van der Waals surface area contributed by atoms with E-state index in [4.69, 9.17) is 14.3 Å². The Balaban J connectivity index is 1.30. The van der Waals surface area contributed by atoms with Gasteiger partial charge in [0.15, 0.2) is 0 Å². The predicted octanol–water partition coefficient (Wildman–Crippen LogP) is 2.94. The van der Waals surface area contributed by atoms with Crippen LogP contribution in [0.2, 0.25) is 0 Å². The van der Waals surface area contributed by atoms with Crippen LogP contribution < -0.4 is 4.74 Å². The molecule has 1 fully saturated rings. The summed E-state index contributed by atoms with van der Waals surface area (Å²) in [4.78, 5) is 25.8. The lowest BCUT2D eigenvalue weighted by atomic mass is 9.93. The maximum absolute atomic E-state index is 13.6. The molecule has 8 nitrogen and oxygen atoms in total. The van der Waals surface area contributed by atoms with Crippen molar-refractivity contribution in [2.24, 2.45) is 11.1 Å². The number of carbonyl (C=O) groups excluding carboxylic acids is 1. The van der Waals surface area contributed by atoms with Crippen LogP contribution in [0.15, 0.2) is 60.1 Å². The summed E-state index contributed by atoms with van der Waals surface area (Å²) in [7, 11) is 1.63. The first-order chi connectivity index (χ1) is 16.1. The van der Waals surface area contributed by atoms with E-state index in [-0.39, 0.29) is 11.8 Å². The van der Waals surface area contributed by atoms with E-state index >= 15 is 0 Å². The van der Waals surface area contributed by atoms with Gasteiger partial charge in [0.05, 0.1) is 37.2 Å². The molecule has 0 bridgehead atoms. The predicted molar refractivity (Wildman–Crippen MR) is 123 cm³/mol. The number of fused-ring (bicyclic) bond motifs is 1. The van der Waals surface area contributed by atoms with E-state index in [2.05, 4.69) is 20.6 Å². The van der Waals surface area contributed by atoms with E-state index in [0.29, 0.717) is 38.5 Å². The number of methoxy groups -OCH3 is 1. The van der Waals surface area contributed by atoms with Crippen molar-refractivity contribution in [2.45, 2.75) is 25.4 Å². The molecular formula is C25H28N4O4. The number of ether oxygens (including phenoxy) is 2. The van der Waals surface area contributed by atoms with E-state index in [1.807, 2.05) is 60.7 Å². The molecule has 0 spiro atoms. The van der Waals surface area contributed by atoms with Crippen LogP contribution in [0.3, 0.4) is 0 Å². The molecule has 1 amide bonds. The van der Waals surface area contributed by atoms with Crippen molar-refractivity contribution in [3.05, 3.63) is 66.2 Å². The van der Waals surface area contributed by atoms with Crippen molar-refractivity contribution in [1.29, 1.82) is 0 Å². The fourth-order valence-corrected chi connectivity index (χ4v) is 4.67. The molecule has 0 radical (unpaired) electrons. The van der Waals surface area contributed by atoms with Crippen molar-refractivity contribution >= 4 is 17.1 Å². The third kappa shape index (κ3) is 4.18. The third-order valence-electron chi connectivity index (χ3n) is 6.37. The van der Waals surface area contributed by atoms with Gasteiger partial charge in [-0.15, -0.1) is 0 Å². The number of amides is 1. The zero-order chi connectivity index (χ0) is 22.8. The van der Waals surface area contributed by atoms with Crippen LogP contribution in [0.5, 0.6) is 5.75 Å². The van der Waals surface area contributed by atoms with Gasteiger partial charge in [-0.1, -0.05) is 17.3 Å². The Morgan fingerprint density at radius 1 is 1.24 bits per heavy atom. The van der Waals surface area contributed by atoms with Crippen LogP contribution in [-0.4, -0.2) is 64.9 Å². The molecule has 0 saturated carbocycles. The molecule has 2 aliphatic heterocycles. The Morgan fingerprint density at radius 3 is 3.00 bits per heavy atom. The van der Waals surface area contributed by atoms with Gasteiger partial charge in [-0.2, -0.15) is 0 Å². The minimum absolute atomic E-state index is 0.0690. The molecule has 4 heterocycles. The fraction of sp³-hybridized carbons (Fsp3) is 0.400. The highest BCUT2D eigenvalue weighted by molar-refractivity contribution is 6.07. The molecule has 1 saturated heterocycles. The normalized spacial score (nSPS) is 23.2. The highest BCUT2D eigenvalue weighted by Gasteiger charge is 2.45. The summed E-state index contributed by atoms with van der Waals surface area (Å²) < 4.78 is 13.4. The number of hydrogen-bond donors (Lipinski definition) is 0. The first-order valence-electron chi connectivity index (χ1n) is 11.2. The standard InChI is InChI=1S/C25H28N4O4/c1-25(15-21(27-33-25)19-6-3-4-8-23(19)31-2)24(30)29-12-13-32-17-18(16-29)14-20-22-7-5-10-28(22)11-9-26-20/h3-11,18H,12-17H2,1-2H3/t18-,25-/m1/s1. The minimum atomic E-state index is -1.05. The van der Waals surface area contributed by atoms with E-state index in [0.717, 1.165) is 28.9 Å². The van der Waals surface area contributed by atoms with Crippen molar-refractivity contribution < 1.29 is 19.1 Å². The molecule has 8 heteroatoms. The van der Waals surface area contributed by atoms with Crippen LogP contribution >= 0.6 is 0 Å². The largest absolute Gasteiger partial charge is 0.496 e. The third-order valence-corrected chi connectivity index (χ3v) is 6.37. The molecule has 172 valence electrons. The zero-order valence-corrected chi connectivity index (χ0v) is 18.9. The summed E-state index contributed by atoms with van der Waals surface area (Å²) in [5, 5.41) is 4.27. The quantitative estimate of drug-likeness (QED) is 0.600. The van der Waals surface area contributed by atoms with Crippen molar-refractivity contribution in [3.8, 4) is 5.75 Å². The molecule has 1 aromatic carbocycles. The van der Waals surface area contributed by atoms with E-state index in [9.17, 15) is 4.79 Å². The van der Waals surface area contributed by atoms with Crippen LogP contribution in [-0.2, 0) is 20.8 Å². The minimum Gasteiger partial charge on any atom is -0.496 e. The van der Waals surface area contributed by atoms with Gasteiger partial charge in [0, 0.05) is 49.6 Å². The van der Waals surface area contributed by atoms with Crippen molar-refractivity contribution in [1.82, 2.24) is 14.3 Å². The van der Waals surface area contributed by atoms with Gasteiger partial charge in [-0.3, -0.25) is 9.78 Å². The number of benzene rings is 1. The van der Waals surface area contributed by atoms with Gasteiger partial charge >= 0.3 is 0 Å². The number of aromatic nitrogens is 2. The maximum atomic E-state index is 13.6. The maximum Gasteiger partial charge on any atom is 0.269 e. The summed E-state index contributed by atoms with van der Waals surface area (Å²) in [6.07, 6.45) is 6.89. The van der Waals surface area contributed by atoms with Crippen molar-refractivity contribution in [3.63, 3.8) is 0 Å². The monoisotopic (exact) mass is 448 g/mol. The molecule has 0 unspecified atom stereocenters.